The number of hydrogen-bond donors (Lipinski definition) is 1. The predicted octanol–water partition coefficient (Wildman–Crippen LogP) is 3.66. The molecular weight excluding hydrogens is 330 g/mol. The third-order valence-corrected chi connectivity index (χ3v) is 4.28. The maximum atomic E-state index is 12.8. The first kappa shape index (κ1) is 19.3. The zero-order valence-electron chi connectivity index (χ0n) is 15.7. The monoisotopic (exact) mass is 353 g/mol. The molecule has 136 valence electrons. The first-order valence-electron chi connectivity index (χ1n) is 8.37. The molecule has 0 fully saturated rings. The van der Waals surface area contributed by atoms with Gasteiger partial charge in [-0.2, -0.15) is 5.26 Å². The second kappa shape index (κ2) is 7.87. The first-order valence-corrected chi connectivity index (χ1v) is 8.37. The van der Waals surface area contributed by atoms with E-state index < -0.39 is 17.6 Å². The third-order valence-electron chi connectivity index (χ3n) is 4.28. The highest BCUT2D eigenvalue weighted by atomic mass is 16.5. The Balaban J connectivity index is 2.24. The number of rotatable bonds is 6. The average Bonchev–Trinajstić information content (AvgIpc) is 2.90. The number of carbonyl (C=O) groups is 2. The Labute approximate surface area is 153 Å². The Bertz CT molecular complexity index is 858. The molecule has 0 radical (unpaired) electrons. The molecule has 26 heavy (non-hydrogen) atoms. The molecule has 2 rings (SSSR count). The van der Waals surface area contributed by atoms with Crippen molar-refractivity contribution >= 4 is 17.4 Å². The minimum atomic E-state index is -1.40. The summed E-state index contributed by atoms with van der Waals surface area (Å²) in [6.07, 6.45) is 0. The van der Waals surface area contributed by atoms with E-state index in [9.17, 15) is 14.9 Å². The van der Waals surface area contributed by atoms with Gasteiger partial charge in [-0.25, -0.2) is 0 Å². The summed E-state index contributed by atoms with van der Waals surface area (Å²) in [5.74, 6) is -1.88. The third kappa shape index (κ3) is 3.77. The van der Waals surface area contributed by atoms with Gasteiger partial charge in [0, 0.05) is 28.7 Å². The van der Waals surface area contributed by atoms with Gasteiger partial charge in [0.25, 0.3) is 0 Å². The van der Waals surface area contributed by atoms with Crippen LogP contribution in [0.4, 0.5) is 5.69 Å². The second-order valence-electron chi connectivity index (χ2n) is 6.39. The largest absolute Gasteiger partial charge is 0.497 e. The van der Waals surface area contributed by atoms with Crippen LogP contribution in [0.15, 0.2) is 30.3 Å². The zero-order chi connectivity index (χ0) is 19.4. The molecule has 1 amide bonds. The Morgan fingerprint density at radius 3 is 2.27 bits per heavy atom. The van der Waals surface area contributed by atoms with Crippen LogP contribution < -0.4 is 10.1 Å². The van der Waals surface area contributed by atoms with Gasteiger partial charge in [0.1, 0.15) is 5.75 Å². The lowest BCUT2D eigenvalue weighted by Crippen LogP contribution is -2.29. The summed E-state index contributed by atoms with van der Waals surface area (Å²) in [5, 5.41) is 12.0. The minimum absolute atomic E-state index is 0.185. The number of amides is 1. The fraction of sp³-hybridized carbons (Fsp3) is 0.350. The number of hydrogen-bond acceptors (Lipinski definition) is 4. The molecule has 0 aliphatic carbocycles. The molecular formula is C20H23N3O3. The Morgan fingerprint density at radius 1 is 1.19 bits per heavy atom. The maximum absolute atomic E-state index is 12.8. The van der Waals surface area contributed by atoms with Crippen LogP contribution in [0, 0.1) is 31.1 Å². The van der Waals surface area contributed by atoms with E-state index in [1.165, 1.54) is 0 Å². The molecule has 0 aliphatic rings. The van der Waals surface area contributed by atoms with Crippen molar-refractivity contribution in [3.05, 3.63) is 47.3 Å². The van der Waals surface area contributed by atoms with Gasteiger partial charge >= 0.3 is 0 Å². The van der Waals surface area contributed by atoms with Gasteiger partial charge in [0.15, 0.2) is 11.7 Å². The number of nitrogens with one attached hydrogen (secondary N) is 1. The smallest absolute Gasteiger partial charge is 0.249 e. The number of ether oxygens (including phenoxy) is 1. The van der Waals surface area contributed by atoms with Crippen molar-refractivity contribution in [1.29, 1.82) is 5.26 Å². The van der Waals surface area contributed by atoms with Crippen molar-refractivity contribution in [1.82, 2.24) is 4.57 Å². The van der Waals surface area contributed by atoms with Crippen LogP contribution in [0.3, 0.4) is 0 Å². The van der Waals surface area contributed by atoms with E-state index in [1.807, 2.05) is 38.3 Å². The number of ketones is 1. The molecule has 6 heteroatoms. The van der Waals surface area contributed by atoms with Crippen LogP contribution in [0.1, 0.15) is 41.6 Å². The van der Waals surface area contributed by atoms with Gasteiger partial charge < -0.3 is 14.6 Å². The average molecular weight is 353 g/mol. The summed E-state index contributed by atoms with van der Waals surface area (Å²) in [5.41, 5.74) is 2.59. The quantitative estimate of drug-likeness (QED) is 0.634. The van der Waals surface area contributed by atoms with Crippen molar-refractivity contribution in [2.45, 2.75) is 33.7 Å². The minimum Gasteiger partial charge on any atom is -0.497 e. The van der Waals surface area contributed by atoms with E-state index in [0.717, 1.165) is 11.4 Å². The summed E-state index contributed by atoms with van der Waals surface area (Å²) in [7, 11) is 1.55. The summed E-state index contributed by atoms with van der Waals surface area (Å²) < 4.78 is 7.08. The van der Waals surface area contributed by atoms with Crippen molar-refractivity contribution in [3.63, 3.8) is 0 Å². The lowest BCUT2D eigenvalue weighted by molar-refractivity contribution is -0.117. The Hall–Kier alpha value is -3.07. The van der Waals surface area contributed by atoms with Crippen LogP contribution in [0.25, 0.3) is 0 Å². The zero-order valence-corrected chi connectivity index (χ0v) is 15.7. The number of anilines is 1. The topological polar surface area (TPSA) is 84.1 Å². The van der Waals surface area contributed by atoms with Gasteiger partial charge in [-0.15, -0.1) is 0 Å². The SMILES string of the molecule is COc1ccc(NC(=O)C(C#N)C(=O)c2cc(C)n(C(C)C)c2C)cc1. The van der Waals surface area contributed by atoms with E-state index in [0.29, 0.717) is 17.0 Å². The maximum Gasteiger partial charge on any atom is 0.249 e. The number of benzene rings is 1. The lowest BCUT2D eigenvalue weighted by atomic mass is 9.98. The van der Waals surface area contributed by atoms with Gasteiger partial charge in [-0.1, -0.05) is 0 Å². The lowest BCUT2D eigenvalue weighted by Gasteiger charge is -2.14. The van der Waals surface area contributed by atoms with E-state index >= 15 is 0 Å². The molecule has 1 aromatic heterocycles. The summed E-state index contributed by atoms with van der Waals surface area (Å²) in [6, 6.07) is 10.4. The normalized spacial score (nSPS) is 11.7. The van der Waals surface area contributed by atoms with Crippen molar-refractivity contribution in [2.75, 3.05) is 12.4 Å². The van der Waals surface area contributed by atoms with Crippen LogP contribution >= 0.6 is 0 Å². The molecule has 1 heterocycles. The van der Waals surface area contributed by atoms with E-state index in [-0.39, 0.29) is 6.04 Å². The number of carbonyl (C=O) groups excluding carboxylic acids is 2. The molecule has 0 saturated carbocycles. The number of nitrogens with zero attached hydrogens (tertiary/aromatic N) is 2. The number of aryl methyl sites for hydroxylation is 1. The number of Topliss-reactive ketones (excluding diaryl/α,β-unsaturated/α-hetero) is 1. The molecule has 0 aliphatic heterocycles. The number of methoxy groups -OCH3 is 1. The summed E-state index contributed by atoms with van der Waals surface area (Å²) in [4.78, 5) is 25.3. The number of aromatic nitrogens is 1. The molecule has 2 aromatic rings. The fourth-order valence-electron chi connectivity index (χ4n) is 3.10. The highest BCUT2D eigenvalue weighted by molar-refractivity contribution is 6.16. The van der Waals surface area contributed by atoms with Gasteiger partial charge in [-0.3, -0.25) is 9.59 Å². The second-order valence-corrected chi connectivity index (χ2v) is 6.39. The Kier molecular flexibility index (Phi) is 5.83. The highest BCUT2D eigenvalue weighted by Crippen LogP contribution is 2.23. The molecule has 0 bridgehead atoms. The van der Waals surface area contributed by atoms with Crippen molar-refractivity contribution in [3.8, 4) is 11.8 Å². The van der Waals surface area contributed by atoms with E-state index in [1.54, 1.807) is 37.4 Å². The van der Waals surface area contributed by atoms with Crippen LogP contribution in [-0.2, 0) is 4.79 Å². The van der Waals surface area contributed by atoms with Crippen molar-refractivity contribution < 1.29 is 14.3 Å². The van der Waals surface area contributed by atoms with E-state index in [4.69, 9.17) is 4.74 Å². The van der Waals surface area contributed by atoms with Crippen molar-refractivity contribution in [2.24, 2.45) is 5.92 Å². The molecule has 1 aromatic carbocycles. The molecule has 1 atom stereocenters. The van der Waals surface area contributed by atoms with Gasteiger partial charge in [0.2, 0.25) is 5.91 Å². The predicted molar refractivity (Wildman–Crippen MR) is 99.3 cm³/mol. The van der Waals surface area contributed by atoms with Crippen LogP contribution in [-0.4, -0.2) is 23.4 Å². The Morgan fingerprint density at radius 2 is 1.81 bits per heavy atom. The first-order chi connectivity index (χ1) is 12.3. The molecule has 1 unspecified atom stereocenters. The fourth-order valence-corrected chi connectivity index (χ4v) is 3.10. The summed E-state index contributed by atoms with van der Waals surface area (Å²) >= 11 is 0. The van der Waals surface area contributed by atoms with Crippen LogP contribution in [0.5, 0.6) is 5.75 Å². The van der Waals surface area contributed by atoms with Gasteiger partial charge in [0.05, 0.1) is 13.2 Å². The van der Waals surface area contributed by atoms with E-state index in [2.05, 4.69) is 5.32 Å². The summed E-state index contributed by atoms with van der Waals surface area (Å²) in [6.45, 7) is 7.78. The molecule has 0 spiro atoms. The highest BCUT2D eigenvalue weighted by Gasteiger charge is 2.30. The standard InChI is InChI=1S/C20H23N3O3/c1-12(2)23-13(3)10-17(14(23)4)19(24)18(11-21)20(25)22-15-6-8-16(26-5)9-7-15/h6-10,12,18H,1-5H3,(H,22,25). The van der Waals surface area contributed by atoms with Gasteiger partial charge in [-0.05, 0) is 58.0 Å². The molecule has 1 N–H and O–H groups in total. The van der Waals surface area contributed by atoms with Crippen LogP contribution in [0.2, 0.25) is 0 Å². The molecule has 0 saturated heterocycles. The molecule has 6 nitrogen and oxygen atoms in total. The number of nitriles is 1.